The van der Waals surface area contributed by atoms with Gasteiger partial charge in [0.05, 0.1) is 38.4 Å². The van der Waals surface area contributed by atoms with Crippen LogP contribution < -0.4 is 4.74 Å². The Morgan fingerprint density at radius 1 is 0.933 bits per heavy atom. The number of benzene rings is 2. The molecule has 156 valence electrons. The molecule has 0 fully saturated rings. The third-order valence-electron chi connectivity index (χ3n) is 4.78. The van der Waals surface area contributed by atoms with E-state index in [-0.39, 0.29) is 17.0 Å². The third-order valence-corrected chi connectivity index (χ3v) is 4.78. The maximum Gasteiger partial charge on any atom is 0.336 e. The van der Waals surface area contributed by atoms with Gasteiger partial charge in [-0.25, -0.2) is 14.0 Å². The van der Waals surface area contributed by atoms with Crippen LogP contribution in [-0.2, 0) is 25.6 Å². The minimum Gasteiger partial charge on any atom is -0.497 e. The largest absolute Gasteiger partial charge is 0.497 e. The van der Waals surface area contributed by atoms with Crippen molar-refractivity contribution >= 4 is 11.9 Å². The Balaban J connectivity index is 2.07. The molecule has 1 aliphatic rings. The fraction of sp³-hybridized carbons (Fsp3) is 0.217. The first-order valence-corrected chi connectivity index (χ1v) is 9.21. The van der Waals surface area contributed by atoms with Gasteiger partial charge in [-0.2, -0.15) is 0 Å². The van der Waals surface area contributed by atoms with E-state index in [4.69, 9.17) is 14.2 Å². The summed E-state index contributed by atoms with van der Waals surface area (Å²) in [6, 6.07) is 13.1. The highest BCUT2D eigenvalue weighted by molar-refractivity contribution is 5.98. The van der Waals surface area contributed by atoms with Gasteiger partial charge in [-0.1, -0.05) is 24.3 Å². The first-order chi connectivity index (χ1) is 14.5. The minimum atomic E-state index is -0.690. The summed E-state index contributed by atoms with van der Waals surface area (Å²) < 4.78 is 28.5. The molecule has 0 amide bonds. The number of hydrogen-bond acceptors (Lipinski definition) is 6. The molecule has 0 unspecified atom stereocenters. The molecule has 0 saturated carbocycles. The average Bonchev–Trinajstić information content (AvgIpc) is 2.78. The second-order valence-electron chi connectivity index (χ2n) is 6.66. The molecule has 30 heavy (non-hydrogen) atoms. The van der Waals surface area contributed by atoms with Gasteiger partial charge in [0.2, 0.25) is 0 Å². The van der Waals surface area contributed by atoms with E-state index < -0.39 is 17.9 Å². The molecule has 0 N–H and O–H groups in total. The van der Waals surface area contributed by atoms with Crippen LogP contribution in [0.2, 0.25) is 0 Å². The van der Waals surface area contributed by atoms with Crippen LogP contribution in [0.3, 0.4) is 0 Å². The van der Waals surface area contributed by atoms with Gasteiger partial charge in [0.25, 0.3) is 0 Å². The Labute approximate surface area is 174 Å². The fourth-order valence-electron chi connectivity index (χ4n) is 3.36. The maximum atomic E-state index is 13.2. The number of carbonyl (C=O) groups is 2. The van der Waals surface area contributed by atoms with Gasteiger partial charge >= 0.3 is 11.9 Å². The summed E-state index contributed by atoms with van der Waals surface area (Å²) in [7, 11) is 4.11. The van der Waals surface area contributed by atoms with E-state index in [1.165, 1.54) is 26.4 Å². The van der Waals surface area contributed by atoms with Crippen molar-refractivity contribution in [3.63, 3.8) is 0 Å². The number of methoxy groups -OCH3 is 3. The molecule has 0 aromatic heterocycles. The van der Waals surface area contributed by atoms with Gasteiger partial charge in [0.1, 0.15) is 11.6 Å². The zero-order valence-corrected chi connectivity index (χ0v) is 16.9. The molecular weight excluding hydrogens is 389 g/mol. The average molecular weight is 411 g/mol. The van der Waals surface area contributed by atoms with Crippen LogP contribution >= 0.6 is 0 Å². The van der Waals surface area contributed by atoms with Crippen molar-refractivity contribution in [3.05, 3.63) is 89.0 Å². The van der Waals surface area contributed by atoms with Gasteiger partial charge in [-0.15, -0.1) is 0 Å². The smallest absolute Gasteiger partial charge is 0.336 e. The number of carbonyl (C=O) groups excluding carboxylic acids is 2. The van der Waals surface area contributed by atoms with Crippen LogP contribution in [0.4, 0.5) is 4.39 Å². The van der Waals surface area contributed by atoms with E-state index in [1.807, 2.05) is 0 Å². The summed E-state index contributed by atoms with van der Waals surface area (Å²) in [5, 5.41) is 0. The number of hydrogen-bond donors (Lipinski definition) is 0. The number of nitrogens with zero attached hydrogens (tertiary/aromatic N) is 1. The zero-order valence-electron chi connectivity index (χ0n) is 16.9. The van der Waals surface area contributed by atoms with Crippen molar-refractivity contribution in [3.8, 4) is 5.75 Å². The second kappa shape index (κ2) is 9.26. The number of ether oxygens (including phenoxy) is 3. The fourth-order valence-corrected chi connectivity index (χ4v) is 3.36. The summed E-state index contributed by atoms with van der Waals surface area (Å²) in [6.07, 6.45) is 3.26. The zero-order chi connectivity index (χ0) is 21.7. The van der Waals surface area contributed by atoms with Crippen molar-refractivity contribution in [1.29, 1.82) is 0 Å². The molecule has 0 aliphatic carbocycles. The Morgan fingerprint density at radius 3 is 2.07 bits per heavy atom. The molecule has 1 aliphatic heterocycles. The lowest BCUT2D eigenvalue weighted by molar-refractivity contribution is -0.137. The minimum absolute atomic E-state index is 0.274. The highest BCUT2D eigenvalue weighted by Gasteiger charge is 2.35. The molecule has 3 rings (SSSR count). The Kier molecular flexibility index (Phi) is 6.51. The SMILES string of the molecule is COC(=O)C1=CN(Cc2ccc(F)cc2)C=C(C(=O)OC)C1c1cccc(OC)c1. The maximum absolute atomic E-state index is 13.2. The van der Waals surface area contributed by atoms with E-state index in [0.29, 0.717) is 17.9 Å². The first kappa shape index (κ1) is 21.1. The van der Waals surface area contributed by atoms with Crippen molar-refractivity contribution < 1.29 is 28.2 Å². The lowest BCUT2D eigenvalue weighted by Crippen LogP contribution is -2.28. The molecule has 0 atom stereocenters. The van der Waals surface area contributed by atoms with Gasteiger partial charge in [0.15, 0.2) is 0 Å². The third kappa shape index (κ3) is 4.51. The van der Waals surface area contributed by atoms with Crippen molar-refractivity contribution in [2.24, 2.45) is 0 Å². The Hall–Kier alpha value is -3.61. The number of rotatable bonds is 6. The van der Waals surface area contributed by atoms with Crippen molar-refractivity contribution in [2.45, 2.75) is 12.5 Å². The summed E-state index contributed by atoms with van der Waals surface area (Å²) in [5.41, 5.74) is 2.03. The molecule has 2 aromatic carbocycles. The molecular formula is C23H22FNO5. The van der Waals surface area contributed by atoms with Crippen LogP contribution in [0, 0.1) is 5.82 Å². The molecule has 1 heterocycles. The van der Waals surface area contributed by atoms with E-state index in [0.717, 1.165) is 5.56 Å². The van der Waals surface area contributed by atoms with E-state index in [2.05, 4.69) is 0 Å². The van der Waals surface area contributed by atoms with Gasteiger partial charge in [-0.05, 0) is 35.4 Å². The molecule has 7 heteroatoms. The molecule has 0 radical (unpaired) electrons. The van der Waals surface area contributed by atoms with Gasteiger partial charge in [0, 0.05) is 18.9 Å². The molecule has 2 aromatic rings. The monoisotopic (exact) mass is 411 g/mol. The molecule has 0 bridgehead atoms. The molecule has 6 nitrogen and oxygen atoms in total. The van der Waals surface area contributed by atoms with E-state index >= 15 is 0 Å². The lowest BCUT2D eigenvalue weighted by Gasteiger charge is -2.30. The molecule has 0 saturated heterocycles. The van der Waals surface area contributed by atoms with Crippen molar-refractivity contribution in [1.82, 2.24) is 4.90 Å². The van der Waals surface area contributed by atoms with Crippen LogP contribution in [0.1, 0.15) is 17.0 Å². The summed E-state index contributed by atoms with van der Waals surface area (Å²) >= 11 is 0. The standard InChI is InChI=1S/C23H22FNO5/c1-28-18-6-4-5-16(11-18)21-19(22(26)29-2)13-25(14-20(21)23(27)30-3)12-15-7-9-17(24)10-8-15/h4-11,13-14,21H,12H2,1-3H3. The normalized spacial score (nSPS) is 13.9. The topological polar surface area (TPSA) is 65.1 Å². The Morgan fingerprint density at radius 2 is 1.53 bits per heavy atom. The van der Waals surface area contributed by atoms with Crippen LogP contribution in [0.5, 0.6) is 5.75 Å². The summed E-state index contributed by atoms with van der Waals surface area (Å²) in [4.78, 5) is 26.9. The van der Waals surface area contributed by atoms with Crippen LogP contribution in [0.15, 0.2) is 72.1 Å². The second-order valence-corrected chi connectivity index (χ2v) is 6.66. The van der Waals surface area contributed by atoms with E-state index in [1.54, 1.807) is 60.8 Å². The van der Waals surface area contributed by atoms with Crippen molar-refractivity contribution in [2.75, 3.05) is 21.3 Å². The highest BCUT2D eigenvalue weighted by atomic mass is 19.1. The number of halogens is 1. The van der Waals surface area contributed by atoms with E-state index in [9.17, 15) is 14.0 Å². The number of esters is 2. The summed E-state index contributed by atoms with van der Waals surface area (Å²) in [5.74, 6) is -1.57. The quantitative estimate of drug-likeness (QED) is 0.678. The lowest BCUT2D eigenvalue weighted by atomic mass is 9.83. The highest BCUT2D eigenvalue weighted by Crippen LogP contribution is 2.38. The Bertz CT molecular complexity index is 963. The van der Waals surface area contributed by atoms with Gasteiger partial charge < -0.3 is 19.1 Å². The first-order valence-electron chi connectivity index (χ1n) is 9.21. The predicted octanol–water partition coefficient (Wildman–Crippen LogP) is 3.55. The predicted molar refractivity (Wildman–Crippen MR) is 108 cm³/mol. The molecule has 0 spiro atoms. The van der Waals surface area contributed by atoms with Gasteiger partial charge in [-0.3, -0.25) is 0 Å². The van der Waals surface area contributed by atoms with Crippen LogP contribution in [-0.4, -0.2) is 38.2 Å². The van der Waals surface area contributed by atoms with Crippen LogP contribution in [0.25, 0.3) is 0 Å². The summed E-state index contributed by atoms with van der Waals surface area (Å²) in [6.45, 7) is 0.325.